The monoisotopic (exact) mass is 330 g/mol. The van der Waals surface area contributed by atoms with Crippen LogP contribution in [0.1, 0.15) is 30.3 Å². The lowest BCUT2D eigenvalue weighted by molar-refractivity contribution is -0.131. The van der Waals surface area contributed by atoms with Crippen LogP contribution in [0.15, 0.2) is 36.2 Å². The van der Waals surface area contributed by atoms with Gasteiger partial charge in [0, 0.05) is 31.6 Å². The van der Waals surface area contributed by atoms with E-state index in [2.05, 4.69) is 28.0 Å². The van der Waals surface area contributed by atoms with Crippen LogP contribution in [0.4, 0.5) is 0 Å². The zero-order valence-electron chi connectivity index (χ0n) is 14.3. The van der Waals surface area contributed by atoms with E-state index < -0.39 is 0 Å². The summed E-state index contributed by atoms with van der Waals surface area (Å²) in [6, 6.07) is 1.57. The number of H-pyrrole nitrogens is 1. The molecule has 0 spiro atoms. The van der Waals surface area contributed by atoms with E-state index in [1.165, 1.54) is 0 Å². The van der Waals surface area contributed by atoms with Crippen molar-refractivity contribution in [3.05, 3.63) is 53.2 Å². The molecule has 130 valence electrons. The normalized spacial score (nSPS) is 18.1. The number of likely N-dealkylation sites (tertiary alicyclic amines) is 1. The van der Waals surface area contributed by atoms with E-state index in [0.717, 1.165) is 31.6 Å². The van der Waals surface area contributed by atoms with Crippen LogP contribution in [-0.4, -0.2) is 58.4 Å². The SMILES string of the molecule is C=CCN(CC=C)C(=O)CN1CCCC(c2cc(=O)[nH]c(C)n2)C1. The van der Waals surface area contributed by atoms with Crippen molar-refractivity contribution in [1.29, 1.82) is 0 Å². The second-order valence-electron chi connectivity index (χ2n) is 6.21. The molecule has 1 saturated heterocycles. The van der Waals surface area contributed by atoms with Gasteiger partial charge in [-0.25, -0.2) is 4.98 Å². The number of carbonyl (C=O) groups is 1. The second-order valence-corrected chi connectivity index (χ2v) is 6.21. The average Bonchev–Trinajstić information content (AvgIpc) is 2.54. The van der Waals surface area contributed by atoms with Crippen molar-refractivity contribution in [2.45, 2.75) is 25.7 Å². The summed E-state index contributed by atoms with van der Waals surface area (Å²) in [5, 5.41) is 0. The first-order valence-corrected chi connectivity index (χ1v) is 8.33. The minimum Gasteiger partial charge on any atom is -0.334 e. The number of carbonyl (C=O) groups excluding carboxylic acids is 1. The fraction of sp³-hybridized carbons (Fsp3) is 0.500. The lowest BCUT2D eigenvalue weighted by Gasteiger charge is -2.33. The minimum atomic E-state index is -0.117. The van der Waals surface area contributed by atoms with Crippen molar-refractivity contribution in [3.63, 3.8) is 0 Å². The highest BCUT2D eigenvalue weighted by atomic mass is 16.2. The smallest absolute Gasteiger partial charge is 0.251 e. The van der Waals surface area contributed by atoms with Crippen molar-refractivity contribution < 1.29 is 4.79 Å². The van der Waals surface area contributed by atoms with Crippen LogP contribution in [0.5, 0.6) is 0 Å². The number of amides is 1. The van der Waals surface area contributed by atoms with Gasteiger partial charge >= 0.3 is 0 Å². The Kier molecular flexibility index (Phi) is 6.49. The van der Waals surface area contributed by atoms with Gasteiger partial charge in [0.1, 0.15) is 5.82 Å². The molecule has 1 aromatic heterocycles. The Morgan fingerprint density at radius 1 is 1.46 bits per heavy atom. The third-order valence-electron chi connectivity index (χ3n) is 4.21. The van der Waals surface area contributed by atoms with Crippen molar-refractivity contribution in [3.8, 4) is 0 Å². The van der Waals surface area contributed by atoms with E-state index in [1.807, 2.05) is 0 Å². The molecule has 6 heteroatoms. The Morgan fingerprint density at radius 3 is 2.79 bits per heavy atom. The fourth-order valence-electron chi connectivity index (χ4n) is 3.13. The summed E-state index contributed by atoms with van der Waals surface area (Å²) in [7, 11) is 0. The Labute approximate surface area is 142 Å². The zero-order chi connectivity index (χ0) is 17.5. The Bertz CT molecular complexity index is 643. The molecule has 1 aliphatic rings. The summed E-state index contributed by atoms with van der Waals surface area (Å²) in [4.78, 5) is 35.1. The number of nitrogens with one attached hydrogen (secondary N) is 1. The molecular formula is C18H26N4O2. The lowest BCUT2D eigenvalue weighted by atomic mass is 9.94. The third kappa shape index (κ3) is 4.89. The number of aromatic nitrogens is 2. The Morgan fingerprint density at radius 2 is 2.17 bits per heavy atom. The van der Waals surface area contributed by atoms with E-state index in [4.69, 9.17) is 0 Å². The average molecular weight is 330 g/mol. The predicted molar refractivity (Wildman–Crippen MR) is 95.0 cm³/mol. The summed E-state index contributed by atoms with van der Waals surface area (Å²) < 4.78 is 0. The van der Waals surface area contributed by atoms with Gasteiger partial charge in [0.15, 0.2) is 0 Å². The maximum atomic E-state index is 12.5. The highest BCUT2D eigenvalue weighted by molar-refractivity contribution is 5.78. The van der Waals surface area contributed by atoms with Gasteiger partial charge in [-0.05, 0) is 26.3 Å². The van der Waals surface area contributed by atoms with Gasteiger partial charge in [0.25, 0.3) is 5.56 Å². The topological polar surface area (TPSA) is 69.3 Å². The number of hydrogen-bond donors (Lipinski definition) is 1. The number of hydrogen-bond acceptors (Lipinski definition) is 4. The van der Waals surface area contributed by atoms with Crippen molar-refractivity contribution in [2.75, 3.05) is 32.7 Å². The lowest BCUT2D eigenvalue weighted by Crippen LogP contribution is -2.44. The molecule has 6 nitrogen and oxygen atoms in total. The van der Waals surface area contributed by atoms with E-state index in [9.17, 15) is 9.59 Å². The maximum absolute atomic E-state index is 12.5. The summed E-state index contributed by atoms with van der Waals surface area (Å²) in [5.74, 6) is 0.902. The van der Waals surface area contributed by atoms with E-state index >= 15 is 0 Å². The molecule has 24 heavy (non-hydrogen) atoms. The van der Waals surface area contributed by atoms with Crippen LogP contribution >= 0.6 is 0 Å². The highest BCUT2D eigenvalue weighted by Gasteiger charge is 2.25. The van der Waals surface area contributed by atoms with Gasteiger partial charge in [0.05, 0.1) is 12.2 Å². The molecule has 1 aliphatic heterocycles. The molecular weight excluding hydrogens is 304 g/mol. The first-order chi connectivity index (χ1) is 11.5. The number of piperidine rings is 1. The van der Waals surface area contributed by atoms with Crippen molar-refractivity contribution in [1.82, 2.24) is 19.8 Å². The first-order valence-electron chi connectivity index (χ1n) is 8.33. The quantitative estimate of drug-likeness (QED) is 0.769. The van der Waals surface area contributed by atoms with Crippen LogP contribution in [0, 0.1) is 6.92 Å². The molecule has 0 saturated carbocycles. The largest absolute Gasteiger partial charge is 0.334 e. The summed E-state index contributed by atoms with van der Waals surface area (Å²) >= 11 is 0. The number of aryl methyl sites for hydroxylation is 1. The minimum absolute atomic E-state index is 0.0745. The van der Waals surface area contributed by atoms with E-state index in [1.54, 1.807) is 30.0 Å². The molecule has 0 bridgehead atoms. The van der Waals surface area contributed by atoms with Crippen LogP contribution < -0.4 is 5.56 Å². The molecule has 1 unspecified atom stereocenters. The summed E-state index contributed by atoms with van der Waals surface area (Å²) in [5.41, 5.74) is 0.705. The molecule has 0 aromatic carbocycles. The molecule has 2 heterocycles. The summed E-state index contributed by atoms with van der Waals surface area (Å²) in [6.07, 6.45) is 5.44. The molecule has 2 rings (SSSR count). The van der Waals surface area contributed by atoms with Gasteiger partial charge in [-0.1, -0.05) is 12.2 Å². The molecule has 0 radical (unpaired) electrons. The van der Waals surface area contributed by atoms with Gasteiger partial charge in [-0.3, -0.25) is 14.5 Å². The van der Waals surface area contributed by atoms with E-state index in [-0.39, 0.29) is 17.4 Å². The van der Waals surface area contributed by atoms with Gasteiger partial charge in [-0.15, -0.1) is 13.2 Å². The fourth-order valence-corrected chi connectivity index (χ4v) is 3.13. The van der Waals surface area contributed by atoms with Crippen LogP contribution in [0.25, 0.3) is 0 Å². The summed E-state index contributed by atoms with van der Waals surface area (Å²) in [6.45, 7) is 12.2. The maximum Gasteiger partial charge on any atom is 0.251 e. The highest BCUT2D eigenvalue weighted by Crippen LogP contribution is 2.24. The number of aromatic amines is 1. The number of nitrogens with zero attached hydrogens (tertiary/aromatic N) is 3. The molecule has 1 N–H and O–H groups in total. The van der Waals surface area contributed by atoms with Gasteiger partial charge in [0.2, 0.25) is 5.91 Å². The predicted octanol–water partition coefficient (Wildman–Crippen LogP) is 1.46. The van der Waals surface area contributed by atoms with Crippen LogP contribution in [-0.2, 0) is 4.79 Å². The molecule has 1 atom stereocenters. The number of rotatable bonds is 7. The molecule has 1 aromatic rings. The van der Waals surface area contributed by atoms with Gasteiger partial charge < -0.3 is 9.88 Å². The molecule has 0 aliphatic carbocycles. The van der Waals surface area contributed by atoms with Crippen LogP contribution in [0.2, 0.25) is 0 Å². The Hall–Kier alpha value is -2.21. The van der Waals surface area contributed by atoms with Gasteiger partial charge in [-0.2, -0.15) is 0 Å². The molecule has 1 amide bonds. The van der Waals surface area contributed by atoms with Crippen molar-refractivity contribution >= 4 is 5.91 Å². The first kappa shape index (κ1) is 18.1. The van der Waals surface area contributed by atoms with Crippen molar-refractivity contribution in [2.24, 2.45) is 0 Å². The standard InChI is InChI=1S/C18H26N4O2/c1-4-8-22(9-5-2)18(24)13-21-10-6-7-15(12-21)16-11-17(23)20-14(3)19-16/h4-5,11,15H,1-2,6-10,12-13H2,3H3,(H,19,20,23). The third-order valence-corrected chi connectivity index (χ3v) is 4.21. The Balaban J connectivity index is 2.02. The van der Waals surface area contributed by atoms with Crippen LogP contribution in [0.3, 0.4) is 0 Å². The zero-order valence-corrected chi connectivity index (χ0v) is 14.3. The molecule has 1 fully saturated rings. The van der Waals surface area contributed by atoms with E-state index in [0.29, 0.717) is 25.5 Å². The second kappa shape index (κ2) is 8.59.